The van der Waals surface area contributed by atoms with E-state index < -0.39 is 0 Å². The summed E-state index contributed by atoms with van der Waals surface area (Å²) in [5.74, 6) is 0. The minimum atomic E-state index is 0.941. The van der Waals surface area contributed by atoms with Crippen LogP contribution in [-0.2, 0) is 20.0 Å². The second-order valence-electron chi connectivity index (χ2n) is 4.02. The summed E-state index contributed by atoms with van der Waals surface area (Å²) in [6, 6.07) is 2.09. The number of aryl methyl sites for hydroxylation is 2. The Kier molecular flexibility index (Phi) is 3.77. The highest BCUT2D eigenvalue weighted by molar-refractivity contribution is 5.07. The summed E-state index contributed by atoms with van der Waals surface area (Å²) >= 11 is 0. The number of nitrogens with zero attached hydrogens (tertiary/aromatic N) is 2. The molecular weight excluding hydrogens is 200 g/mol. The molecule has 0 aromatic carbocycles. The molecular formula is C12H18N4. The number of H-pyrrole nitrogens is 1. The predicted molar refractivity (Wildman–Crippen MR) is 64.0 cm³/mol. The van der Waals surface area contributed by atoms with Crippen molar-refractivity contribution in [3.8, 4) is 0 Å². The van der Waals surface area contributed by atoms with Crippen LogP contribution in [0.4, 0.5) is 0 Å². The molecule has 0 aliphatic rings. The van der Waals surface area contributed by atoms with Gasteiger partial charge in [0, 0.05) is 32.2 Å². The molecule has 4 heteroatoms. The van der Waals surface area contributed by atoms with Crippen LogP contribution in [0.1, 0.15) is 17.5 Å². The monoisotopic (exact) mass is 218 g/mol. The van der Waals surface area contributed by atoms with Crippen molar-refractivity contribution in [1.29, 1.82) is 0 Å². The van der Waals surface area contributed by atoms with Crippen LogP contribution in [0.15, 0.2) is 30.9 Å². The van der Waals surface area contributed by atoms with Gasteiger partial charge in [0.15, 0.2) is 0 Å². The number of rotatable bonds is 6. The molecule has 0 aliphatic carbocycles. The molecule has 2 N–H and O–H groups in total. The molecule has 0 unspecified atom stereocenters. The molecule has 0 radical (unpaired) electrons. The van der Waals surface area contributed by atoms with Crippen LogP contribution < -0.4 is 5.32 Å². The number of aromatic amines is 1. The van der Waals surface area contributed by atoms with E-state index in [0.717, 1.165) is 25.9 Å². The van der Waals surface area contributed by atoms with Crippen molar-refractivity contribution in [3.63, 3.8) is 0 Å². The van der Waals surface area contributed by atoms with Gasteiger partial charge in [-0.15, -0.1) is 0 Å². The van der Waals surface area contributed by atoms with E-state index in [1.807, 2.05) is 30.3 Å². The Hall–Kier alpha value is -1.55. The highest BCUT2D eigenvalue weighted by Gasteiger charge is 1.96. The van der Waals surface area contributed by atoms with Gasteiger partial charge in [-0.1, -0.05) is 0 Å². The lowest BCUT2D eigenvalue weighted by Gasteiger charge is -2.01. The van der Waals surface area contributed by atoms with Crippen LogP contribution >= 0.6 is 0 Å². The lowest BCUT2D eigenvalue weighted by molar-refractivity contribution is 0.649. The number of hydrogen-bond acceptors (Lipinski definition) is 2. The average Bonchev–Trinajstić information content (AvgIpc) is 2.89. The van der Waals surface area contributed by atoms with E-state index in [2.05, 4.69) is 27.7 Å². The zero-order valence-corrected chi connectivity index (χ0v) is 9.61. The molecule has 0 saturated carbocycles. The largest absolute Gasteiger partial charge is 0.367 e. The highest BCUT2D eigenvalue weighted by atomic mass is 15.2. The van der Waals surface area contributed by atoms with Crippen LogP contribution in [0.5, 0.6) is 0 Å². The van der Waals surface area contributed by atoms with Gasteiger partial charge in [0.2, 0.25) is 0 Å². The Morgan fingerprint density at radius 2 is 2.38 bits per heavy atom. The van der Waals surface area contributed by atoms with Crippen molar-refractivity contribution in [2.24, 2.45) is 7.05 Å². The van der Waals surface area contributed by atoms with Crippen molar-refractivity contribution in [2.75, 3.05) is 6.54 Å². The summed E-state index contributed by atoms with van der Waals surface area (Å²) in [5, 5.41) is 7.57. The van der Waals surface area contributed by atoms with E-state index in [1.165, 1.54) is 11.1 Å². The Morgan fingerprint density at radius 1 is 1.44 bits per heavy atom. The third kappa shape index (κ3) is 3.24. The number of aromatic nitrogens is 3. The Bertz CT molecular complexity index is 402. The predicted octanol–water partition coefficient (Wildman–Crippen LogP) is 1.47. The van der Waals surface area contributed by atoms with Crippen LogP contribution in [0.25, 0.3) is 0 Å². The molecule has 2 rings (SSSR count). The maximum absolute atomic E-state index is 4.15. The Morgan fingerprint density at radius 3 is 3.06 bits per heavy atom. The van der Waals surface area contributed by atoms with E-state index in [0.29, 0.717) is 0 Å². The molecule has 2 aromatic rings. The smallest absolute Gasteiger partial charge is 0.0521 e. The SMILES string of the molecule is Cn1cc(CCCNCc2cc[nH]c2)cn1. The fraction of sp³-hybridized carbons (Fsp3) is 0.417. The van der Waals surface area contributed by atoms with Crippen molar-refractivity contribution in [3.05, 3.63) is 42.0 Å². The maximum Gasteiger partial charge on any atom is 0.0521 e. The van der Waals surface area contributed by atoms with Crippen molar-refractivity contribution >= 4 is 0 Å². The van der Waals surface area contributed by atoms with Gasteiger partial charge in [0.25, 0.3) is 0 Å². The van der Waals surface area contributed by atoms with E-state index in [9.17, 15) is 0 Å². The summed E-state index contributed by atoms with van der Waals surface area (Å²) in [6.07, 6.45) is 10.2. The molecule has 0 saturated heterocycles. The normalized spacial score (nSPS) is 10.8. The minimum absolute atomic E-state index is 0.941. The number of hydrogen-bond donors (Lipinski definition) is 2. The van der Waals surface area contributed by atoms with Gasteiger partial charge in [-0.2, -0.15) is 5.10 Å². The van der Waals surface area contributed by atoms with Gasteiger partial charge in [0.05, 0.1) is 6.20 Å². The van der Waals surface area contributed by atoms with E-state index in [4.69, 9.17) is 0 Å². The summed E-state index contributed by atoms with van der Waals surface area (Å²) in [6.45, 7) is 1.98. The second-order valence-corrected chi connectivity index (χ2v) is 4.02. The zero-order chi connectivity index (χ0) is 11.2. The first-order chi connectivity index (χ1) is 7.84. The van der Waals surface area contributed by atoms with Crippen molar-refractivity contribution < 1.29 is 0 Å². The first-order valence-electron chi connectivity index (χ1n) is 5.64. The fourth-order valence-corrected chi connectivity index (χ4v) is 1.72. The zero-order valence-electron chi connectivity index (χ0n) is 9.61. The van der Waals surface area contributed by atoms with Crippen LogP contribution in [0.3, 0.4) is 0 Å². The van der Waals surface area contributed by atoms with Crippen molar-refractivity contribution in [2.45, 2.75) is 19.4 Å². The first-order valence-corrected chi connectivity index (χ1v) is 5.64. The van der Waals surface area contributed by atoms with Gasteiger partial charge in [-0.25, -0.2) is 0 Å². The first kappa shape index (κ1) is 11.0. The third-order valence-corrected chi connectivity index (χ3v) is 2.57. The summed E-state index contributed by atoms with van der Waals surface area (Å²) in [4.78, 5) is 3.05. The molecule has 0 spiro atoms. The lowest BCUT2D eigenvalue weighted by Crippen LogP contribution is -2.14. The Balaban J connectivity index is 1.59. The molecule has 0 bridgehead atoms. The molecule has 86 valence electrons. The van der Waals surface area contributed by atoms with Gasteiger partial charge in [-0.3, -0.25) is 4.68 Å². The second kappa shape index (κ2) is 5.51. The molecule has 0 fully saturated rings. The maximum atomic E-state index is 4.15. The van der Waals surface area contributed by atoms with E-state index >= 15 is 0 Å². The van der Waals surface area contributed by atoms with Crippen LogP contribution in [0, 0.1) is 0 Å². The van der Waals surface area contributed by atoms with E-state index in [1.54, 1.807) is 0 Å². The van der Waals surface area contributed by atoms with Crippen LogP contribution in [-0.4, -0.2) is 21.3 Å². The standard InChI is InChI=1S/C12H18N4/c1-16-10-12(9-15-16)3-2-5-13-7-11-4-6-14-8-11/h4,6,8-10,13-14H,2-3,5,7H2,1H3. The highest BCUT2D eigenvalue weighted by Crippen LogP contribution is 2.00. The molecule has 4 nitrogen and oxygen atoms in total. The summed E-state index contributed by atoms with van der Waals surface area (Å²) in [5.41, 5.74) is 2.62. The van der Waals surface area contributed by atoms with Crippen molar-refractivity contribution in [1.82, 2.24) is 20.1 Å². The Labute approximate surface area is 95.7 Å². The van der Waals surface area contributed by atoms with Gasteiger partial charge >= 0.3 is 0 Å². The van der Waals surface area contributed by atoms with Gasteiger partial charge < -0.3 is 10.3 Å². The third-order valence-electron chi connectivity index (χ3n) is 2.57. The van der Waals surface area contributed by atoms with Gasteiger partial charge in [-0.05, 0) is 36.6 Å². The summed E-state index contributed by atoms with van der Waals surface area (Å²) in [7, 11) is 1.95. The molecule has 2 heterocycles. The molecule has 0 amide bonds. The fourth-order valence-electron chi connectivity index (χ4n) is 1.72. The topological polar surface area (TPSA) is 45.6 Å². The lowest BCUT2D eigenvalue weighted by atomic mass is 10.2. The number of nitrogens with one attached hydrogen (secondary N) is 2. The minimum Gasteiger partial charge on any atom is -0.367 e. The van der Waals surface area contributed by atoms with Crippen LogP contribution in [0.2, 0.25) is 0 Å². The van der Waals surface area contributed by atoms with Gasteiger partial charge in [0.1, 0.15) is 0 Å². The average molecular weight is 218 g/mol. The van der Waals surface area contributed by atoms with E-state index in [-0.39, 0.29) is 0 Å². The molecule has 16 heavy (non-hydrogen) atoms. The quantitative estimate of drug-likeness (QED) is 0.721. The molecule has 0 aliphatic heterocycles. The molecule has 2 aromatic heterocycles. The summed E-state index contributed by atoms with van der Waals surface area (Å²) < 4.78 is 1.85. The molecule has 0 atom stereocenters.